The van der Waals surface area contributed by atoms with Crippen LogP contribution < -0.4 is 4.74 Å². The highest BCUT2D eigenvalue weighted by atomic mass is 16.5. The van der Waals surface area contributed by atoms with Crippen LogP contribution in [0.4, 0.5) is 0 Å². The predicted molar refractivity (Wildman–Crippen MR) is 69.9 cm³/mol. The van der Waals surface area contributed by atoms with E-state index in [1.807, 2.05) is 24.3 Å². The molecule has 1 N–H and O–H groups in total. The normalized spacial score (nSPS) is 12.4. The lowest BCUT2D eigenvalue weighted by atomic mass is 10.1. The Morgan fingerprint density at radius 3 is 2.61 bits per heavy atom. The van der Waals surface area contributed by atoms with Gasteiger partial charge in [0.15, 0.2) is 0 Å². The van der Waals surface area contributed by atoms with Crippen molar-refractivity contribution >= 4 is 0 Å². The average Bonchev–Trinajstić information content (AvgIpc) is 2.38. The number of rotatable bonds is 9. The van der Waals surface area contributed by atoms with Crippen molar-refractivity contribution in [3.05, 3.63) is 29.8 Å². The van der Waals surface area contributed by atoms with Gasteiger partial charge in [-0.05, 0) is 13.0 Å². The number of methoxy groups -OCH3 is 1. The fourth-order valence-corrected chi connectivity index (χ4v) is 1.54. The predicted octanol–water partition coefficient (Wildman–Crippen LogP) is 2.17. The summed E-state index contributed by atoms with van der Waals surface area (Å²) in [5, 5.41) is 9.59. The molecule has 0 spiro atoms. The van der Waals surface area contributed by atoms with E-state index in [0.29, 0.717) is 26.4 Å². The molecule has 4 heteroatoms. The lowest BCUT2D eigenvalue weighted by Gasteiger charge is -2.13. The molecule has 4 nitrogen and oxygen atoms in total. The third-order valence-electron chi connectivity index (χ3n) is 2.49. The molecule has 0 aliphatic heterocycles. The number of hydrogen-bond acceptors (Lipinski definition) is 4. The van der Waals surface area contributed by atoms with Crippen LogP contribution in [0.15, 0.2) is 24.3 Å². The van der Waals surface area contributed by atoms with E-state index in [1.165, 1.54) is 0 Å². The molecule has 1 atom stereocenters. The number of ether oxygens (including phenoxy) is 3. The summed E-state index contributed by atoms with van der Waals surface area (Å²) < 4.78 is 15.8. The summed E-state index contributed by atoms with van der Waals surface area (Å²) in [5.41, 5.74) is 0.817. The molecular formula is C14H22O4. The molecule has 0 amide bonds. The number of para-hydroxylation sites is 1. The molecule has 0 aromatic heterocycles. The van der Waals surface area contributed by atoms with Crippen molar-refractivity contribution in [1.29, 1.82) is 0 Å². The smallest absolute Gasteiger partial charge is 0.125 e. The Morgan fingerprint density at radius 1 is 1.11 bits per heavy atom. The molecule has 0 saturated heterocycles. The minimum atomic E-state index is -0.515. The first-order valence-electron chi connectivity index (χ1n) is 6.22. The minimum absolute atomic E-state index is 0.515. The molecular weight excluding hydrogens is 232 g/mol. The SMILES string of the molecule is COCCOCCCOc1ccccc1[C@@H](C)O. The Hall–Kier alpha value is -1.10. The summed E-state index contributed by atoms with van der Waals surface area (Å²) >= 11 is 0. The molecule has 0 bridgehead atoms. The summed E-state index contributed by atoms with van der Waals surface area (Å²) in [5.74, 6) is 0.740. The van der Waals surface area contributed by atoms with Crippen molar-refractivity contribution in [1.82, 2.24) is 0 Å². The quantitative estimate of drug-likeness (QED) is 0.686. The maximum Gasteiger partial charge on any atom is 0.125 e. The van der Waals surface area contributed by atoms with Crippen molar-refractivity contribution in [2.45, 2.75) is 19.4 Å². The van der Waals surface area contributed by atoms with Gasteiger partial charge in [-0.3, -0.25) is 0 Å². The number of aliphatic hydroxyl groups excluding tert-OH is 1. The summed E-state index contributed by atoms with van der Waals surface area (Å²) in [7, 11) is 1.65. The minimum Gasteiger partial charge on any atom is -0.493 e. The molecule has 0 aliphatic carbocycles. The van der Waals surface area contributed by atoms with Crippen LogP contribution in [0, 0.1) is 0 Å². The molecule has 18 heavy (non-hydrogen) atoms. The van der Waals surface area contributed by atoms with Gasteiger partial charge in [-0.25, -0.2) is 0 Å². The van der Waals surface area contributed by atoms with Crippen molar-refractivity contribution in [3.8, 4) is 5.75 Å². The summed E-state index contributed by atoms with van der Waals surface area (Å²) in [4.78, 5) is 0. The Bertz CT molecular complexity index is 325. The van der Waals surface area contributed by atoms with Gasteiger partial charge >= 0.3 is 0 Å². The number of benzene rings is 1. The largest absolute Gasteiger partial charge is 0.493 e. The van der Waals surface area contributed by atoms with E-state index in [2.05, 4.69) is 0 Å². The van der Waals surface area contributed by atoms with Gasteiger partial charge in [-0.2, -0.15) is 0 Å². The molecule has 0 heterocycles. The van der Waals surface area contributed by atoms with Crippen LogP contribution in [0.5, 0.6) is 5.75 Å². The fourth-order valence-electron chi connectivity index (χ4n) is 1.54. The first kappa shape index (κ1) is 15.0. The van der Waals surface area contributed by atoms with Gasteiger partial charge in [-0.1, -0.05) is 18.2 Å². The van der Waals surface area contributed by atoms with Gasteiger partial charge in [0.1, 0.15) is 5.75 Å². The summed E-state index contributed by atoms with van der Waals surface area (Å²) in [6.45, 7) is 4.19. The highest BCUT2D eigenvalue weighted by Gasteiger charge is 2.07. The maximum atomic E-state index is 9.59. The lowest BCUT2D eigenvalue weighted by Crippen LogP contribution is -2.07. The third kappa shape index (κ3) is 5.49. The van der Waals surface area contributed by atoms with Gasteiger partial charge < -0.3 is 19.3 Å². The number of aliphatic hydroxyl groups is 1. The molecule has 0 aliphatic rings. The fraction of sp³-hybridized carbons (Fsp3) is 0.571. The Balaban J connectivity index is 2.23. The van der Waals surface area contributed by atoms with Crippen molar-refractivity contribution in [2.75, 3.05) is 33.5 Å². The summed E-state index contributed by atoms with van der Waals surface area (Å²) in [6.07, 6.45) is 0.303. The number of hydrogen-bond donors (Lipinski definition) is 1. The molecule has 0 radical (unpaired) electrons. The van der Waals surface area contributed by atoms with Crippen LogP contribution in [0.3, 0.4) is 0 Å². The van der Waals surface area contributed by atoms with E-state index in [4.69, 9.17) is 14.2 Å². The van der Waals surface area contributed by atoms with Crippen LogP contribution in [0.2, 0.25) is 0 Å². The van der Waals surface area contributed by atoms with E-state index in [1.54, 1.807) is 14.0 Å². The van der Waals surface area contributed by atoms with E-state index >= 15 is 0 Å². The molecule has 0 saturated carbocycles. The standard InChI is InChI=1S/C14H22O4/c1-12(15)13-6-3-4-7-14(13)18-9-5-8-17-11-10-16-2/h3-4,6-7,12,15H,5,8-11H2,1-2H3/t12-/m1/s1. The van der Waals surface area contributed by atoms with Gasteiger partial charge in [0, 0.05) is 25.7 Å². The Morgan fingerprint density at radius 2 is 1.89 bits per heavy atom. The molecule has 1 aromatic rings. The van der Waals surface area contributed by atoms with Gasteiger partial charge in [0.05, 0.1) is 25.9 Å². The second-order valence-corrected chi connectivity index (χ2v) is 4.02. The maximum absolute atomic E-state index is 9.59. The molecule has 102 valence electrons. The summed E-state index contributed by atoms with van der Waals surface area (Å²) in [6, 6.07) is 7.53. The van der Waals surface area contributed by atoms with E-state index < -0.39 is 6.10 Å². The third-order valence-corrected chi connectivity index (χ3v) is 2.49. The van der Waals surface area contributed by atoms with E-state index in [0.717, 1.165) is 17.7 Å². The van der Waals surface area contributed by atoms with Crippen LogP contribution in [-0.2, 0) is 9.47 Å². The zero-order valence-electron chi connectivity index (χ0n) is 11.1. The Labute approximate surface area is 108 Å². The van der Waals surface area contributed by atoms with Crippen LogP contribution in [0.25, 0.3) is 0 Å². The highest BCUT2D eigenvalue weighted by Crippen LogP contribution is 2.24. The molecule has 0 fully saturated rings. The topological polar surface area (TPSA) is 47.9 Å². The lowest BCUT2D eigenvalue weighted by molar-refractivity contribution is 0.0642. The molecule has 1 aromatic carbocycles. The first-order chi connectivity index (χ1) is 8.75. The zero-order chi connectivity index (χ0) is 13.2. The van der Waals surface area contributed by atoms with Gasteiger partial charge in [0.25, 0.3) is 0 Å². The van der Waals surface area contributed by atoms with Crippen LogP contribution in [-0.4, -0.2) is 38.6 Å². The van der Waals surface area contributed by atoms with E-state index in [9.17, 15) is 5.11 Å². The van der Waals surface area contributed by atoms with E-state index in [-0.39, 0.29) is 0 Å². The molecule has 1 rings (SSSR count). The van der Waals surface area contributed by atoms with Gasteiger partial charge in [0.2, 0.25) is 0 Å². The second kappa shape index (κ2) is 8.91. The monoisotopic (exact) mass is 254 g/mol. The zero-order valence-corrected chi connectivity index (χ0v) is 11.1. The van der Waals surface area contributed by atoms with Gasteiger partial charge in [-0.15, -0.1) is 0 Å². The van der Waals surface area contributed by atoms with Crippen molar-refractivity contribution in [3.63, 3.8) is 0 Å². The first-order valence-corrected chi connectivity index (χ1v) is 6.22. The van der Waals surface area contributed by atoms with Crippen LogP contribution >= 0.6 is 0 Å². The van der Waals surface area contributed by atoms with Crippen molar-refractivity contribution in [2.24, 2.45) is 0 Å². The Kier molecular flexibility index (Phi) is 7.41. The van der Waals surface area contributed by atoms with Crippen molar-refractivity contribution < 1.29 is 19.3 Å². The highest BCUT2D eigenvalue weighted by molar-refractivity contribution is 5.34. The second-order valence-electron chi connectivity index (χ2n) is 4.02. The average molecular weight is 254 g/mol. The molecule has 0 unspecified atom stereocenters. The van der Waals surface area contributed by atoms with Crippen LogP contribution in [0.1, 0.15) is 25.0 Å².